The number of aromatic amines is 1. The van der Waals surface area contributed by atoms with Gasteiger partial charge in [0.05, 0.1) is 6.42 Å². The van der Waals surface area contributed by atoms with Crippen molar-refractivity contribution in [2.45, 2.75) is 26.2 Å². The summed E-state index contributed by atoms with van der Waals surface area (Å²) in [4.78, 5) is 13.9. The van der Waals surface area contributed by atoms with Crippen LogP contribution in [0, 0.1) is 0 Å². The molecule has 3 heteroatoms. The van der Waals surface area contributed by atoms with Crippen LogP contribution in [0.5, 0.6) is 0 Å². The summed E-state index contributed by atoms with van der Waals surface area (Å²) in [6, 6.07) is 7.83. The summed E-state index contributed by atoms with van der Waals surface area (Å²) in [6.07, 6.45) is 0.0815. The van der Waals surface area contributed by atoms with Crippen molar-refractivity contribution in [1.82, 2.24) is 4.98 Å². The molecule has 0 unspecified atom stereocenters. The van der Waals surface area contributed by atoms with Crippen molar-refractivity contribution in [2.24, 2.45) is 0 Å². The zero-order valence-corrected chi connectivity index (χ0v) is 9.45. The fourth-order valence-electron chi connectivity index (χ4n) is 1.80. The van der Waals surface area contributed by atoms with Crippen LogP contribution in [0.3, 0.4) is 0 Å². The highest BCUT2D eigenvalue weighted by Crippen LogP contribution is 2.22. The lowest BCUT2D eigenvalue weighted by atomic mass is 10.1. The summed E-state index contributed by atoms with van der Waals surface area (Å²) in [5, 5.41) is 9.81. The number of aliphatic carboxylic acids is 1. The van der Waals surface area contributed by atoms with Crippen LogP contribution in [-0.2, 0) is 11.2 Å². The quantitative estimate of drug-likeness (QED) is 0.830. The molecule has 2 N–H and O–H groups in total. The van der Waals surface area contributed by atoms with E-state index in [0.29, 0.717) is 5.92 Å². The van der Waals surface area contributed by atoms with E-state index < -0.39 is 5.97 Å². The maximum Gasteiger partial charge on any atom is 0.307 e. The lowest BCUT2D eigenvalue weighted by Crippen LogP contribution is -1.99. The summed E-state index contributed by atoms with van der Waals surface area (Å²) in [7, 11) is 0. The summed E-state index contributed by atoms with van der Waals surface area (Å²) in [5.41, 5.74) is 3.09. The van der Waals surface area contributed by atoms with Gasteiger partial charge in [0.1, 0.15) is 0 Å². The van der Waals surface area contributed by atoms with Gasteiger partial charge in [-0.1, -0.05) is 19.9 Å². The highest BCUT2D eigenvalue weighted by molar-refractivity contribution is 5.82. The first-order valence-electron chi connectivity index (χ1n) is 5.39. The fourth-order valence-corrected chi connectivity index (χ4v) is 1.80. The van der Waals surface area contributed by atoms with Crippen LogP contribution in [-0.4, -0.2) is 16.1 Å². The number of benzene rings is 1. The molecule has 0 aliphatic carbocycles. The summed E-state index contributed by atoms with van der Waals surface area (Å²) in [6.45, 7) is 4.26. The van der Waals surface area contributed by atoms with Gasteiger partial charge in [0.15, 0.2) is 0 Å². The number of nitrogens with one attached hydrogen (secondary N) is 1. The summed E-state index contributed by atoms with van der Waals surface area (Å²) in [5.74, 6) is -0.339. The molecule has 2 rings (SSSR count). The number of H-pyrrole nitrogens is 1. The van der Waals surface area contributed by atoms with Gasteiger partial charge in [0.2, 0.25) is 0 Å². The first-order valence-corrected chi connectivity index (χ1v) is 5.39. The van der Waals surface area contributed by atoms with Crippen LogP contribution < -0.4 is 0 Å². The Hall–Kier alpha value is -1.77. The minimum absolute atomic E-state index is 0.0815. The number of fused-ring (bicyclic) bond motifs is 1. The Morgan fingerprint density at radius 2 is 2.12 bits per heavy atom. The van der Waals surface area contributed by atoms with Gasteiger partial charge in [-0.15, -0.1) is 0 Å². The van der Waals surface area contributed by atoms with E-state index >= 15 is 0 Å². The van der Waals surface area contributed by atoms with Crippen molar-refractivity contribution in [1.29, 1.82) is 0 Å². The fraction of sp³-hybridized carbons (Fsp3) is 0.308. The molecule has 0 fully saturated rings. The highest BCUT2D eigenvalue weighted by Gasteiger charge is 2.06. The van der Waals surface area contributed by atoms with Gasteiger partial charge >= 0.3 is 5.97 Å². The predicted molar refractivity (Wildman–Crippen MR) is 63.7 cm³/mol. The van der Waals surface area contributed by atoms with Crippen molar-refractivity contribution < 1.29 is 9.90 Å². The molecule has 1 aromatic carbocycles. The third-order valence-electron chi connectivity index (χ3n) is 2.68. The standard InChI is InChI=1S/C13H15NO2/c1-8(2)12-7-10-5-9(6-13(15)16)3-4-11(10)14-12/h3-5,7-8,14H,6H2,1-2H3,(H,15,16). The third-order valence-corrected chi connectivity index (χ3v) is 2.68. The largest absolute Gasteiger partial charge is 0.481 e. The van der Waals surface area contributed by atoms with Gasteiger partial charge in [-0.3, -0.25) is 4.79 Å². The van der Waals surface area contributed by atoms with Gasteiger partial charge in [0, 0.05) is 11.2 Å². The summed E-state index contributed by atoms with van der Waals surface area (Å²) >= 11 is 0. The van der Waals surface area contributed by atoms with Crippen molar-refractivity contribution in [3.63, 3.8) is 0 Å². The van der Waals surface area contributed by atoms with Gasteiger partial charge in [0.25, 0.3) is 0 Å². The van der Waals surface area contributed by atoms with Crippen molar-refractivity contribution in [3.8, 4) is 0 Å². The molecule has 3 nitrogen and oxygen atoms in total. The van der Waals surface area contributed by atoms with Gasteiger partial charge < -0.3 is 10.1 Å². The summed E-state index contributed by atoms with van der Waals surface area (Å²) < 4.78 is 0. The molecule has 1 aromatic heterocycles. The van der Waals surface area contributed by atoms with E-state index in [1.165, 1.54) is 5.69 Å². The average molecular weight is 217 g/mol. The monoisotopic (exact) mass is 217 g/mol. The van der Waals surface area contributed by atoms with Crippen LogP contribution in [0.2, 0.25) is 0 Å². The van der Waals surface area contributed by atoms with Crippen molar-refractivity contribution in [3.05, 3.63) is 35.5 Å². The zero-order valence-electron chi connectivity index (χ0n) is 9.45. The maximum absolute atomic E-state index is 10.6. The molecule has 2 aromatic rings. The molecular weight excluding hydrogens is 202 g/mol. The second-order valence-corrected chi connectivity index (χ2v) is 4.37. The maximum atomic E-state index is 10.6. The van der Waals surface area contributed by atoms with Gasteiger partial charge in [-0.05, 0) is 35.1 Å². The number of hydrogen-bond donors (Lipinski definition) is 2. The van der Waals surface area contributed by atoms with E-state index in [1.54, 1.807) is 0 Å². The Balaban J connectivity index is 2.41. The average Bonchev–Trinajstić information content (AvgIpc) is 2.59. The van der Waals surface area contributed by atoms with Crippen molar-refractivity contribution in [2.75, 3.05) is 0 Å². The zero-order chi connectivity index (χ0) is 11.7. The smallest absolute Gasteiger partial charge is 0.307 e. The van der Waals surface area contributed by atoms with Crippen molar-refractivity contribution >= 4 is 16.9 Å². The first kappa shape index (κ1) is 10.7. The number of carboxylic acids is 1. The van der Waals surface area contributed by atoms with Gasteiger partial charge in [-0.2, -0.15) is 0 Å². The Bertz CT molecular complexity index is 526. The van der Waals surface area contributed by atoms with Crippen LogP contribution in [0.4, 0.5) is 0 Å². The Labute approximate surface area is 94.1 Å². The molecule has 0 spiro atoms. The van der Waals surface area contributed by atoms with Crippen LogP contribution in [0.25, 0.3) is 10.9 Å². The van der Waals surface area contributed by atoms with Crippen LogP contribution in [0.1, 0.15) is 31.0 Å². The Kier molecular flexibility index (Phi) is 2.69. The Morgan fingerprint density at radius 3 is 2.75 bits per heavy atom. The van der Waals surface area contributed by atoms with E-state index in [2.05, 4.69) is 24.9 Å². The molecule has 0 saturated carbocycles. The number of carbonyl (C=O) groups is 1. The third kappa shape index (κ3) is 2.08. The minimum atomic E-state index is -0.793. The predicted octanol–water partition coefficient (Wildman–Crippen LogP) is 2.92. The SMILES string of the molecule is CC(C)c1cc2cc(CC(=O)O)ccc2[nH]1. The molecule has 0 aliphatic rings. The molecule has 16 heavy (non-hydrogen) atoms. The van der Waals surface area contributed by atoms with E-state index in [0.717, 1.165) is 16.5 Å². The van der Waals surface area contributed by atoms with Gasteiger partial charge in [-0.25, -0.2) is 0 Å². The number of hydrogen-bond acceptors (Lipinski definition) is 1. The minimum Gasteiger partial charge on any atom is -0.481 e. The molecule has 0 bridgehead atoms. The number of rotatable bonds is 3. The van der Waals surface area contributed by atoms with Crippen LogP contribution in [0.15, 0.2) is 24.3 Å². The van der Waals surface area contributed by atoms with Crippen LogP contribution >= 0.6 is 0 Å². The first-order chi connectivity index (χ1) is 7.56. The molecule has 0 aliphatic heterocycles. The molecule has 0 atom stereocenters. The van der Waals surface area contributed by atoms with E-state index in [1.807, 2.05) is 18.2 Å². The second kappa shape index (κ2) is 4.00. The molecular formula is C13H15NO2. The number of carboxylic acid groups (broad SMARTS) is 1. The molecule has 84 valence electrons. The normalized spacial score (nSPS) is 11.2. The van der Waals surface area contributed by atoms with E-state index in [4.69, 9.17) is 5.11 Å². The number of aromatic nitrogens is 1. The second-order valence-electron chi connectivity index (χ2n) is 4.37. The Morgan fingerprint density at radius 1 is 1.38 bits per heavy atom. The molecule has 0 saturated heterocycles. The topological polar surface area (TPSA) is 53.1 Å². The highest BCUT2D eigenvalue weighted by atomic mass is 16.4. The lowest BCUT2D eigenvalue weighted by Gasteiger charge is -1.97. The van der Waals surface area contributed by atoms with E-state index in [9.17, 15) is 4.79 Å². The molecule has 0 radical (unpaired) electrons. The lowest BCUT2D eigenvalue weighted by molar-refractivity contribution is -0.136. The molecule has 1 heterocycles. The molecule has 0 amide bonds. The van der Waals surface area contributed by atoms with E-state index in [-0.39, 0.29) is 6.42 Å².